The molecule has 3 aliphatic rings. The summed E-state index contributed by atoms with van der Waals surface area (Å²) in [4.78, 5) is 30.9. The number of benzene rings is 1. The molecule has 6 nitrogen and oxygen atoms in total. The van der Waals surface area contributed by atoms with Crippen LogP contribution in [0, 0.1) is 0 Å². The summed E-state index contributed by atoms with van der Waals surface area (Å²) in [6, 6.07) is 7.86. The highest BCUT2D eigenvalue weighted by Crippen LogP contribution is 2.34. The molecule has 3 heterocycles. The van der Waals surface area contributed by atoms with Crippen LogP contribution in [0.15, 0.2) is 40.4 Å². The lowest BCUT2D eigenvalue weighted by atomic mass is 9.96. The summed E-state index contributed by atoms with van der Waals surface area (Å²) in [5.41, 5.74) is 2.39. The van der Waals surface area contributed by atoms with Crippen LogP contribution in [0.4, 0.5) is 4.79 Å². The van der Waals surface area contributed by atoms with Crippen LogP contribution in [-0.4, -0.2) is 60.2 Å². The van der Waals surface area contributed by atoms with E-state index in [9.17, 15) is 9.59 Å². The van der Waals surface area contributed by atoms with E-state index in [4.69, 9.17) is 0 Å². The molecule has 0 spiro atoms. The Morgan fingerprint density at radius 3 is 2.70 bits per heavy atom. The van der Waals surface area contributed by atoms with Crippen molar-refractivity contribution < 1.29 is 9.59 Å². The second kappa shape index (κ2) is 7.56. The number of amides is 3. The number of hydrogen-bond donors (Lipinski definition) is 2. The van der Waals surface area contributed by atoms with E-state index in [-0.39, 0.29) is 18.0 Å². The van der Waals surface area contributed by atoms with E-state index in [0.29, 0.717) is 18.2 Å². The van der Waals surface area contributed by atoms with Gasteiger partial charge in [-0.25, -0.2) is 4.79 Å². The lowest BCUT2D eigenvalue weighted by Crippen LogP contribution is -2.44. The van der Waals surface area contributed by atoms with E-state index in [0.717, 1.165) is 42.2 Å². The molecule has 4 rings (SSSR count). The fraction of sp³-hybridized carbons (Fsp3) is 0.500. The van der Waals surface area contributed by atoms with E-state index in [1.54, 1.807) is 11.8 Å². The molecule has 0 bridgehead atoms. The van der Waals surface area contributed by atoms with Crippen LogP contribution in [-0.2, 0) is 4.79 Å². The summed E-state index contributed by atoms with van der Waals surface area (Å²) < 4.78 is 0. The van der Waals surface area contributed by atoms with Gasteiger partial charge in [-0.15, -0.1) is 11.8 Å². The van der Waals surface area contributed by atoms with Gasteiger partial charge in [0.05, 0.1) is 23.9 Å². The van der Waals surface area contributed by atoms with Crippen LogP contribution >= 0.6 is 11.8 Å². The van der Waals surface area contributed by atoms with Crippen molar-refractivity contribution in [2.24, 2.45) is 0 Å². The second-order valence-electron chi connectivity index (χ2n) is 7.31. The maximum absolute atomic E-state index is 13.2. The van der Waals surface area contributed by atoms with Crippen LogP contribution in [0.5, 0.6) is 0 Å². The second-order valence-corrected chi connectivity index (χ2v) is 8.19. The third kappa shape index (κ3) is 3.46. The Balaban J connectivity index is 1.56. The first-order valence-corrected chi connectivity index (χ1v) is 10.8. The third-order valence-corrected chi connectivity index (χ3v) is 6.55. The molecule has 2 atom stereocenters. The Bertz CT molecular complexity index is 777. The van der Waals surface area contributed by atoms with Crippen molar-refractivity contribution in [3.8, 4) is 0 Å². The molecule has 0 radical (unpaired) electrons. The molecular formula is C20H26N4O2S. The third-order valence-electron chi connectivity index (χ3n) is 5.81. The first-order chi connectivity index (χ1) is 13.1. The maximum atomic E-state index is 13.2. The SMILES string of the molecule is CCN1CCC[C@@H]1CN1CC2=C(C1=O)[C@H](c1ccc(SC)cc1)NC(=O)N2. The number of nitrogens with zero attached hydrogens (tertiary/aromatic N) is 2. The summed E-state index contributed by atoms with van der Waals surface area (Å²) in [7, 11) is 0. The summed E-state index contributed by atoms with van der Waals surface area (Å²) in [5, 5.41) is 5.79. The molecule has 0 saturated carbocycles. The first kappa shape index (κ1) is 18.4. The van der Waals surface area contributed by atoms with Gasteiger partial charge in [0.2, 0.25) is 0 Å². The first-order valence-electron chi connectivity index (χ1n) is 9.58. The number of urea groups is 1. The zero-order valence-electron chi connectivity index (χ0n) is 15.8. The van der Waals surface area contributed by atoms with Crippen LogP contribution in [0.3, 0.4) is 0 Å². The summed E-state index contributed by atoms with van der Waals surface area (Å²) >= 11 is 1.67. The Morgan fingerprint density at radius 1 is 1.22 bits per heavy atom. The zero-order valence-corrected chi connectivity index (χ0v) is 16.6. The van der Waals surface area contributed by atoms with Gasteiger partial charge in [-0.2, -0.15) is 0 Å². The van der Waals surface area contributed by atoms with Crippen molar-refractivity contribution in [1.29, 1.82) is 0 Å². The molecule has 0 aliphatic carbocycles. The predicted octanol–water partition coefficient (Wildman–Crippen LogP) is 2.34. The smallest absolute Gasteiger partial charge is 0.319 e. The Kier molecular flexibility index (Phi) is 5.14. The van der Waals surface area contributed by atoms with Gasteiger partial charge in [0, 0.05) is 17.5 Å². The predicted molar refractivity (Wildman–Crippen MR) is 107 cm³/mol. The van der Waals surface area contributed by atoms with Crippen LogP contribution in [0.1, 0.15) is 31.4 Å². The Morgan fingerprint density at radius 2 is 2.00 bits per heavy atom. The minimum absolute atomic E-state index is 0.0411. The molecule has 0 unspecified atom stereocenters. The molecule has 7 heteroatoms. The monoisotopic (exact) mass is 386 g/mol. The summed E-state index contributed by atoms with van der Waals surface area (Å²) in [6.45, 7) is 5.52. The highest BCUT2D eigenvalue weighted by molar-refractivity contribution is 7.98. The number of likely N-dealkylation sites (tertiary alicyclic amines) is 1. The van der Waals surface area contributed by atoms with Gasteiger partial charge < -0.3 is 15.5 Å². The molecule has 2 N–H and O–H groups in total. The van der Waals surface area contributed by atoms with Gasteiger partial charge >= 0.3 is 6.03 Å². The summed E-state index contributed by atoms with van der Waals surface area (Å²) in [5.74, 6) is 0.0411. The average molecular weight is 387 g/mol. The van der Waals surface area contributed by atoms with Crippen molar-refractivity contribution in [2.75, 3.05) is 32.4 Å². The average Bonchev–Trinajstić information content (AvgIpc) is 3.25. The minimum atomic E-state index is -0.381. The van der Waals surface area contributed by atoms with Gasteiger partial charge in [-0.05, 0) is 49.9 Å². The Labute approximate surface area is 164 Å². The van der Waals surface area contributed by atoms with E-state index >= 15 is 0 Å². The van der Waals surface area contributed by atoms with Crippen molar-refractivity contribution in [2.45, 2.75) is 36.7 Å². The molecule has 0 aromatic heterocycles. The van der Waals surface area contributed by atoms with E-state index < -0.39 is 0 Å². The van der Waals surface area contributed by atoms with Gasteiger partial charge in [-0.1, -0.05) is 19.1 Å². The van der Waals surface area contributed by atoms with Gasteiger partial charge in [-0.3, -0.25) is 9.69 Å². The van der Waals surface area contributed by atoms with Crippen molar-refractivity contribution in [3.05, 3.63) is 41.1 Å². The molecule has 1 saturated heterocycles. The van der Waals surface area contributed by atoms with Crippen LogP contribution < -0.4 is 10.6 Å². The number of likely N-dealkylation sites (N-methyl/N-ethyl adjacent to an activating group) is 1. The van der Waals surface area contributed by atoms with Crippen molar-refractivity contribution in [3.63, 3.8) is 0 Å². The number of rotatable bonds is 5. The molecule has 144 valence electrons. The molecule has 1 fully saturated rings. The largest absolute Gasteiger partial charge is 0.331 e. The fourth-order valence-corrected chi connectivity index (χ4v) is 4.80. The standard InChI is InChI=1S/C20H26N4O2S/c1-3-23-10-4-5-14(23)11-24-12-16-17(19(24)25)18(22-20(26)21-16)13-6-8-15(27-2)9-7-13/h6-9,14,18H,3-5,10-12H2,1-2H3,(H2,21,22,26)/t14-,18+/m1/s1. The minimum Gasteiger partial charge on any atom is -0.331 e. The van der Waals surface area contributed by atoms with E-state index in [2.05, 4.69) is 22.5 Å². The lowest BCUT2D eigenvalue weighted by molar-refractivity contribution is -0.126. The highest BCUT2D eigenvalue weighted by Gasteiger charge is 2.41. The quantitative estimate of drug-likeness (QED) is 0.763. The number of carbonyl (C=O) groups is 2. The normalized spacial score (nSPS) is 25.6. The maximum Gasteiger partial charge on any atom is 0.319 e. The number of nitrogens with one attached hydrogen (secondary N) is 2. The fourth-order valence-electron chi connectivity index (χ4n) is 4.39. The molecule has 3 amide bonds. The molecule has 27 heavy (non-hydrogen) atoms. The topological polar surface area (TPSA) is 64.7 Å². The van der Waals surface area contributed by atoms with Crippen LogP contribution in [0.2, 0.25) is 0 Å². The molecule has 1 aromatic carbocycles. The molecule has 3 aliphatic heterocycles. The molecular weight excluding hydrogens is 360 g/mol. The van der Waals surface area contributed by atoms with Gasteiger partial charge in [0.25, 0.3) is 5.91 Å². The Hall–Kier alpha value is -1.99. The number of hydrogen-bond acceptors (Lipinski definition) is 4. The van der Waals surface area contributed by atoms with Crippen LogP contribution in [0.25, 0.3) is 0 Å². The zero-order chi connectivity index (χ0) is 19.0. The van der Waals surface area contributed by atoms with Crippen molar-refractivity contribution in [1.82, 2.24) is 20.4 Å². The lowest BCUT2D eigenvalue weighted by Gasteiger charge is -2.28. The summed E-state index contributed by atoms with van der Waals surface area (Å²) in [6.07, 6.45) is 4.35. The van der Waals surface area contributed by atoms with Gasteiger partial charge in [0.1, 0.15) is 0 Å². The van der Waals surface area contributed by atoms with E-state index in [1.807, 2.05) is 35.4 Å². The van der Waals surface area contributed by atoms with Crippen molar-refractivity contribution >= 4 is 23.7 Å². The van der Waals surface area contributed by atoms with E-state index in [1.165, 1.54) is 6.42 Å². The van der Waals surface area contributed by atoms with Gasteiger partial charge in [0.15, 0.2) is 0 Å². The molecule has 1 aromatic rings. The number of thioether (sulfide) groups is 1. The highest BCUT2D eigenvalue weighted by atomic mass is 32.2. The number of carbonyl (C=O) groups excluding carboxylic acids is 2.